The number of ketones is 2. The SMILES string of the molecule is CC(=O)c1c(C)[nH]c(C(=O)[C@H](C)[NH+]2CCN(c3cccc(C(F)(F)F)c3)CC2)c1C. The Kier molecular flexibility index (Phi) is 6.08. The van der Waals surface area contributed by atoms with Crippen LogP contribution in [-0.2, 0) is 6.18 Å². The van der Waals surface area contributed by atoms with E-state index < -0.39 is 11.7 Å². The summed E-state index contributed by atoms with van der Waals surface area (Å²) in [5.41, 5.74) is 2.30. The van der Waals surface area contributed by atoms with Gasteiger partial charge in [-0.25, -0.2) is 0 Å². The first-order chi connectivity index (χ1) is 14.0. The summed E-state index contributed by atoms with van der Waals surface area (Å²) in [6.45, 7) is 9.32. The van der Waals surface area contributed by atoms with E-state index in [4.69, 9.17) is 0 Å². The zero-order valence-corrected chi connectivity index (χ0v) is 17.6. The van der Waals surface area contributed by atoms with Gasteiger partial charge in [0, 0.05) is 16.9 Å². The first-order valence-corrected chi connectivity index (χ1v) is 10.0. The molecule has 1 saturated heterocycles. The maximum absolute atomic E-state index is 13.1. The van der Waals surface area contributed by atoms with E-state index in [1.807, 2.05) is 11.8 Å². The number of benzene rings is 1. The normalized spacial score (nSPS) is 16.6. The molecule has 2 N–H and O–H groups in total. The van der Waals surface area contributed by atoms with Crippen LogP contribution < -0.4 is 9.80 Å². The molecule has 0 unspecified atom stereocenters. The van der Waals surface area contributed by atoms with E-state index >= 15 is 0 Å². The lowest BCUT2D eigenvalue weighted by atomic mass is 10.0. The van der Waals surface area contributed by atoms with Gasteiger partial charge in [-0.05, 0) is 51.5 Å². The van der Waals surface area contributed by atoms with Crippen LogP contribution in [-0.4, -0.2) is 48.8 Å². The smallest absolute Gasteiger partial charge is 0.360 e. The number of halogens is 3. The largest absolute Gasteiger partial charge is 0.416 e. The highest BCUT2D eigenvalue weighted by Gasteiger charge is 2.34. The number of anilines is 1. The monoisotopic (exact) mass is 422 g/mol. The van der Waals surface area contributed by atoms with Gasteiger partial charge in [-0.1, -0.05) is 6.07 Å². The molecule has 0 amide bonds. The third-order valence-electron chi connectivity index (χ3n) is 5.99. The van der Waals surface area contributed by atoms with Crippen LogP contribution in [0.3, 0.4) is 0 Å². The van der Waals surface area contributed by atoms with E-state index in [2.05, 4.69) is 4.98 Å². The molecule has 1 aliphatic heterocycles. The lowest BCUT2D eigenvalue weighted by Crippen LogP contribution is -3.18. The fourth-order valence-electron chi connectivity index (χ4n) is 4.29. The molecular weight excluding hydrogens is 395 g/mol. The number of piperazine rings is 1. The van der Waals surface area contributed by atoms with Gasteiger partial charge in [0.1, 0.15) is 0 Å². The molecule has 5 nitrogen and oxygen atoms in total. The van der Waals surface area contributed by atoms with Gasteiger partial charge in [0.2, 0.25) is 5.78 Å². The topological polar surface area (TPSA) is 57.6 Å². The van der Waals surface area contributed by atoms with E-state index in [-0.39, 0.29) is 17.6 Å². The van der Waals surface area contributed by atoms with Crippen molar-refractivity contribution in [3.8, 4) is 0 Å². The van der Waals surface area contributed by atoms with E-state index in [1.54, 1.807) is 19.9 Å². The number of Topliss-reactive ketones (excluding diaryl/α,β-unsaturated/α-hetero) is 2. The summed E-state index contributed by atoms with van der Waals surface area (Å²) >= 11 is 0. The number of nitrogens with zero attached hydrogens (tertiary/aromatic N) is 1. The lowest BCUT2D eigenvalue weighted by Gasteiger charge is -2.36. The van der Waals surface area contributed by atoms with Crippen molar-refractivity contribution in [1.29, 1.82) is 0 Å². The Morgan fingerprint density at radius 1 is 1.17 bits per heavy atom. The van der Waals surface area contributed by atoms with Crippen LogP contribution in [0.25, 0.3) is 0 Å². The molecule has 0 spiro atoms. The Labute approximate surface area is 173 Å². The van der Waals surface area contributed by atoms with Crippen LogP contribution in [0.15, 0.2) is 24.3 Å². The minimum absolute atomic E-state index is 0.0504. The molecule has 1 aromatic heterocycles. The van der Waals surface area contributed by atoms with Crippen LogP contribution >= 0.6 is 0 Å². The van der Waals surface area contributed by atoms with E-state index in [0.717, 1.165) is 11.0 Å². The molecule has 0 radical (unpaired) electrons. The number of aromatic amines is 1. The summed E-state index contributed by atoms with van der Waals surface area (Å²) in [4.78, 5) is 31.0. The Morgan fingerprint density at radius 3 is 2.33 bits per heavy atom. The zero-order valence-electron chi connectivity index (χ0n) is 17.6. The predicted octanol–water partition coefficient (Wildman–Crippen LogP) is 2.83. The van der Waals surface area contributed by atoms with Gasteiger partial charge in [0.15, 0.2) is 11.8 Å². The van der Waals surface area contributed by atoms with Crippen LogP contribution in [0.2, 0.25) is 0 Å². The molecule has 0 bridgehead atoms. The van der Waals surface area contributed by atoms with Crippen LogP contribution in [0.5, 0.6) is 0 Å². The number of alkyl halides is 3. The number of rotatable bonds is 5. The molecule has 1 atom stereocenters. The first kappa shape index (κ1) is 22.1. The predicted molar refractivity (Wildman–Crippen MR) is 108 cm³/mol. The summed E-state index contributed by atoms with van der Waals surface area (Å²) < 4.78 is 38.9. The van der Waals surface area contributed by atoms with Crippen molar-refractivity contribution >= 4 is 17.3 Å². The summed E-state index contributed by atoms with van der Waals surface area (Å²) in [7, 11) is 0. The second-order valence-electron chi connectivity index (χ2n) is 7.96. The minimum atomic E-state index is -4.37. The average Bonchev–Trinajstić information content (AvgIpc) is 3.00. The van der Waals surface area contributed by atoms with Crippen molar-refractivity contribution in [3.05, 3.63) is 52.3 Å². The van der Waals surface area contributed by atoms with Crippen molar-refractivity contribution in [2.24, 2.45) is 0 Å². The summed E-state index contributed by atoms with van der Waals surface area (Å²) in [6, 6.07) is 5.04. The lowest BCUT2D eigenvalue weighted by molar-refractivity contribution is -0.914. The van der Waals surface area contributed by atoms with Gasteiger partial charge >= 0.3 is 6.18 Å². The Balaban J connectivity index is 1.69. The number of hydrogen-bond acceptors (Lipinski definition) is 3. The molecule has 30 heavy (non-hydrogen) atoms. The highest BCUT2D eigenvalue weighted by atomic mass is 19.4. The molecule has 162 valence electrons. The number of hydrogen-bond donors (Lipinski definition) is 2. The molecule has 0 aliphatic carbocycles. The molecule has 3 rings (SSSR count). The molecule has 1 fully saturated rings. The van der Waals surface area contributed by atoms with Crippen LogP contribution in [0.4, 0.5) is 18.9 Å². The summed E-state index contributed by atoms with van der Waals surface area (Å²) in [5.74, 6) is -0.124. The standard InChI is InChI=1S/C22H26F3N3O2/c1-13-19(16(4)29)14(2)26-20(13)21(30)15(3)27-8-10-28(11-9-27)18-7-5-6-17(12-18)22(23,24)25/h5-7,12,15,26H,8-11H2,1-4H3/p+1/t15-/m0/s1. The molecule has 2 aromatic rings. The zero-order chi connectivity index (χ0) is 22.2. The minimum Gasteiger partial charge on any atom is -0.360 e. The van der Waals surface area contributed by atoms with Gasteiger partial charge in [-0.15, -0.1) is 0 Å². The fraction of sp³-hybridized carbons (Fsp3) is 0.455. The third-order valence-corrected chi connectivity index (χ3v) is 5.99. The Morgan fingerprint density at radius 2 is 1.80 bits per heavy atom. The maximum Gasteiger partial charge on any atom is 0.416 e. The number of quaternary nitrogens is 1. The fourth-order valence-corrected chi connectivity index (χ4v) is 4.29. The Bertz CT molecular complexity index is 957. The highest BCUT2D eigenvalue weighted by Crippen LogP contribution is 2.31. The maximum atomic E-state index is 13.1. The van der Waals surface area contributed by atoms with E-state index in [0.29, 0.717) is 54.4 Å². The first-order valence-electron chi connectivity index (χ1n) is 10.0. The van der Waals surface area contributed by atoms with Gasteiger partial charge < -0.3 is 14.8 Å². The van der Waals surface area contributed by atoms with Gasteiger partial charge in [0.25, 0.3) is 0 Å². The van der Waals surface area contributed by atoms with E-state index in [1.165, 1.54) is 19.1 Å². The van der Waals surface area contributed by atoms with Gasteiger partial charge in [-0.3, -0.25) is 9.59 Å². The highest BCUT2D eigenvalue weighted by molar-refractivity contribution is 6.04. The summed E-state index contributed by atoms with van der Waals surface area (Å²) in [5, 5.41) is 0. The van der Waals surface area contributed by atoms with Crippen molar-refractivity contribution < 1.29 is 27.7 Å². The van der Waals surface area contributed by atoms with Crippen LogP contribution in [0.1, 0.15) is 51.5 Å². The van der Waals surface area contributed by atoms with Crippen molar-refractivity contribution in [1.82, 2.24) is 4.98 Å². The number of H-pyrrole nitrogens is 1. The summed E-state index contributed by atoms with van der Waals surface area (Å²) in [6.07, 6.45) is -4.37. The molecule has 0 saturated carbocycles. The average molecular weight is 422 g/mol. The number of aromatic nitrogens is 1. The second-order valence-corrected chi connectivity index (χ2v) is 7.96. The number of nitrogens with one attached hydrogen (secondary N) is 2. The number of carbonyl (C=O) groups is 2. The van der Waals surface area contributed by atoms with Crippen molar-refractivity contribution in [3.63, 3.8) is 0 Å². The van der Waals surface area contributed by atoms with Crippen LogP contribution in [0, 0.1) is 13.8 Å². The molecule has 1 aromatic carbocycles. The molecule has 8 heteroatoms. The second kappa shape index (κ2) is 8.26. The van der Waals surface area contributed by atoms with Crippen molar-refractivity contribution in [2.45, 2.75) is 39.9 Å². The quantitative estimate of drug-likeness (QED) is 0.729. The Hall–Kier alpha value is -2.61. The molecular formula is C22H27F3N3O2+. The molecule has 2 heterocycles. The molecule has 1 aliphatic rings. The van der Waals surface area contributed by atoms with Crippen molar-refractivity contribution in [2.75, 3.05) is 31.1 Å². The van der Waals surface area contributed by atoms with Gasteiger partial charge in [0.05, 0.1) is 37.4 Å². The number of aryl methyl sites for hydroxylation is 1. The third kappa shape index (κ3) is 4.28. The van der Waals surface area contributed by atoms with E-state index in [9.17, 15) is 22.8 Å². The van der Waals surface area contributed by atoms with Gasteiger partial charge in [-0.2, -0.15) is 13.2 Å². The number of carbonyl (C=O) groups excluding carboxylic acids is 2.